The minimum absolute atomic E-state index is 0.0906. The molecule has 2 aromatic rings. The van der Waals surface area contributed by atoms with Gasteiger partial charge in [0.15, 0.2) is 5.84 Å². The highest BCUT2D eigenvalue weighted by molar-refractivity contribution is 7.17. The van der Waals surface area contributed by atoms with Crippen molar-refractivity contribution in [2.45, 2.75) is 31.2 Å². The molecule has 0 radical (unpaired) electrons. The molecule has 1 heterocycles. The number of carbonyl (C=O) groups is 1. The van der Waals surface area contributed by atoms with Gasteiger partial charge < -0.3 is 16.3 Å². The topological polar surface area (TPSA) is 87.7 Å². The minimum atomic E-state index is -0.713. The average Bonchev–Trinajstić information content (AvgIpc) is 3.13. The molecule has 1 aliphatic rings. The van der Waals surface area contributed by atoms with E-state index in [0.29, 0.717) is 18.4 Å². The van der Waals surface area contributed by atoms with E-state index in [0.717, 1.165) is 22.9 Å². The molecule has 0 saturated heterocycles. The fourth-order valence-electron chi connectivity index (χ4n) is 2.96. The third-order valence-corrected chi connectivity index (χ3v) is 5.10. The molecule has 1 fully saturated rings. The summed E-state index contributed by atoms with van der Waals surface area (Å²) in [6, 6.07) is 7.80. The van der Waals surface area contributed by atoms with Crippen LogP contribution in [-0.2, 0) is 0 Å². The number of oxime groups is 1. The first kappa shape index (κ1) is 13.9. The summed E-state index contributed by atoms with van der Waals surface area (Å²) in [5.41, 5.74) is 5.75. The first-order valence-electron chi connectivity index (χ1n) is 6.93. The van der Waals surface area contributed by atoms with Crippen molar-refractivity contribution in [1.82, 2.24) is 5.32 Å². The quantitative estimate of drug-likeness (QED) is 0.352. The number of benzene rings is 1. The molecule has 6 heteroatoms. The number of carbonyl (C=O) groups excluding carboxylic acids is 1. The Balaban J connectivity index is 1.92. The van der Waals surface area contributed by atoms with Crippen molar-refractivity contribution < 1.29 is 10.0 Å². The Morgan fingerprint density at radius 3 is 2.76 bits per heavy atom. The van der Waals surface area contributed by atoms with Crippen LogP contribution in [0.5, 0.6) is 0 Å². The summed E-state index contributed by atoms with van der Waals surface area (Å²) in [6.45, 7) is 0. The van der Waals surface area contributed by atoms with E-state index in [2.05, 4.69) is 10.5 Å². The van der Waals surface area contributed by atoms with Crippen molar-refractivity contribution in [2.24, 2.45) is 10.9 Å². The normalized spacial score (nSPS) is 18.0. The van der Waals surface area contributed by atoms with E-state index in [-0.39, 0.29) is 11.7 Å². The molecule has 4 N–H and O–H groups in total. The second kappa shape index (κ2) is 5.37. The van der Waals surface area contributed by atoms with Gasteiger partial charge in [0.25, 0.3) is 5.91 Å². The number of hydrogen-bond donors (Lipinski definition) is 3. The highest BCUT2D eigenvalue weighted by Crippen LogP contribution is 2.31. The lowest BCUT2D eigenvalue weighted by Gasteiger charge is -2.28. The summed E-state index contributed by atoms with van der Waals surface area (Å²) < 4.78 is 1.08. The monoisotopic (exact) mass is 303 g/mol. The average molecular weight is 303 g/mol. The second-order valence-corrected chi connectivity index (χ2v) is 6.29. The van der Waals surface area contributed by atoms with Crippen LogP contribution in [0, 0.1) is 0 Å². The van der Waals surface area contributed by atoms with Crippen LogP contribution in [0.4, 0.5) is 0 Å². The number of thiophene rings is 1. The summed E-state index contributed by atoms with van der Waals surface area (Å²) in [7, 11) is 0. The fourth-order valence-corrected chi connectivity index (χ4v) is 3.90. The maximum absolute atomic E-state index is 12.6. The predicted molar refractivity (Wildman–Crippen MR) is 83.9 cm³/mol. The van der Waals surface area contributed by atoms with Gasteiger partial charge in [0.1, 0.15) is 5.54 Å². The van der Waals surface area contributed by atoms with E-state index >= 15 is 0 Å². The maximum Gasteiger partial charge on any atom is 0.253 e. The number of nitrogens with zero attached hydrogens (tertiary/aromatic N) is 1. The molecule has 1 aliphatic carbocycles. The van der Waals surface area contributed by atoms with Crippen molar-refractivity contribution in [3.05, 3.63) is 35.2 Å². The number of nitrogens with two attached hydrogens (primary N) is 1. The van der Waals surface area contributed by atoms with Gasteiger partial charge >= 0.3 is 0 Å². The zero-order valence-corrected chi connectivity index (χ0v) is 12.3. The second-order valence-electron chi connectivity index (χ2n) is 5.37. The lowest BCUT2D eigenvalue weighted by molar-refractivity contribution is 0.0925. The summed E-state index contributed by atoms with van der Waals surface area (Å²) in [5.74, 6) is -0.0752. The molecule has 1 aromatic heterocycles. The van der Waals surface area contributed by atoms with Gasteiger partial charge in [-0.05, 0) is 18.9 Å². The highest BCUT2D eigenvalue weighted by Gasteiger charge is 2.40. The van der Waals surface area contributed by atoms with Gasteiger partial charge in [0.05, 0.1) is 5.56 Å². The van der Waals surface area contributed by atoms with Gasteiger partial charge in [-0.2, -0.15) is 0 Å². The molecule has 5 nitrogen and oxygen atoms in total. The number of fused-ring (bicyclic) bond motifs is 1. The van der Waals surface area contributed by atoms with Crippen LogP contribution in [0.3, 0.4) is 0 Å². The summed E-state index contributed by atoms with van der Waals surface area (Å²) in [4.78, 5) is 12.6. The van der Waals surface area contributed by atoms with Gasteiger partial charge in [-0.15, -0.1) is 11.3 Å². The largest absolute Gasteiger partial charge is 0.409 e. The Labute approximate surface area is 126 Å². The van der Waals surface area contributed by atoms with Gasteiger partial charge in [-0.1, -0.05) is 36.2 Å². The molecule has 1 aromatic carbocycles. The van der Waals surface area contributed by atoms with Crippen LogP contribution in [0.2, 0.25) is 0 Å². The molecule has 110 valence electrons. The predicted octanol–water partition coefficient (Wildman–Crippen LogP) is 2.69. The maximum atomic E-state index is 12.6. The molecular weight excluding hydrogens is 286 g/mol. The van der Waals surface area contributed by atoms with E-state index in [4.69, 9.17) is 10.9 Å². The zero-order valence-electron chi connectivity index (χ0n) is 11.5. The van der Waals surface area contributed by atoms with E-state index < -0.39 is 5.54 Å². The molecule has 0 atom stereocenters. The Bertz CT molecular complexity index is 702. The molecule has 21 heavy (non-hydrogen) atoms. The van der Waals surface area contributed by atoms with Crippen LogP contribution >= 0.6 is 11.3 Å². The third kappa shape index (κ3) is 2.35. The Morgan fingerprint density at radius 2 is 2.05 bits per heavy atom. The van der Waals surface area contributed by atoms with E-state index in [1.54, 1.807) is 11.3 Å². The molecule has 0 bridgehead atoms. The lowest BCUT2D eigenvalue weighted by atomic mass is 9.95. The van der Waals surface area contributed by atoms with Crippen LogP contribution in [0.15, 0.2) is 34.8 Å². The third-order valence-electron chi connectivity index (χ3n) is 4.13. The fraction of sp³-hybridized carbons (Fsp3) is 0.333. The molecule has 3 rings (SSSR count). The molecule has 1 amide bonds. The molecule has 0 unspecified atom stereocenters. The Hall–Kier alpha value is -2.08. The minimum Gasteiger partial charge on any atom is -0.409 e. The summed E-state index contributed by atoms with van der Waals surface area (Å²) in [5, 5.41) is 17.9. The molecule has 0 aliphatic heterocycles. The standard InChI is InChI=1S/C15H17N3O2S/c16-14(18-20)15(7-3-4-8-15)17-13(19)11-9-21-12-6-2-1-5-10(11)12/h1-2,5-6,9,20H,3-4,7-8H2,(H2,16,18)(H,17,19). The summed E-state index contributed by atoms with van der Waals surface area (Å²) in [6.07, 6.45) is 3.33. The molecule has 1 saturated carbocycles. The Morgan fingerprint density at radius 1 is 1.33 bits per heavy atom. The summed E-state index contributed by atoms with van der Waals surface area (Å²) >= 11 is 1.54. The van der Waals surface area contributed by atoms with Crippen LogP contribution in [0.25, 0.3) is 10.1 Å². The van der Waals surface area contributed by atoms with Crippen LogP contribution in [0.1, 0.15) is 36.0 Å². The van der Waals surface area contributed by atoms with Gasteiger partial charge in [-0.25, -0.2) is 0 Å². The lowest BCUT2D eigenvalue weighted by Crippen LogP contribution is -2.55. The van der Waals surface area contributed by atoms with Crippen LogP contribution < -0.4 is 11.1 Å². The van der Waals surface area contributed by atoms with Gasteiger partial charge in [0, 0.05) is 15.5 Å². The van der Waals surface area contributed by atoms with Crippen LogP contribution in [-0.4, -0.2) is 22.5 Å². The Kier molecular flexibility index (Phi) is 3.55. The highest BCUT2D eigenvalue weighted by atomic mass is 32.1. The van der Waals surface area contributed by atoms with E-state index in [9.17, 15) is 4.79 Å². The van der Waals surface area contributed by atoms with Crippen molar-refractivity contribution in [1.29, 1.82) is 0 Å². The van der Waals surface area contributed by atoms with Gasteiger partial charge in [-0.3, -0.25) is 4.79 Å². The number of rotatable bonds is 3. The van der Waals surface area contributed by atoms with Crippen molar-refractivity contribution in [3.8, 4) is 0 Å². The first-order chi connectivity index (χ1) is 10.2. The number of hydrogen-bond acceptors (Lipinski definition) is 4. The van der Waals surface area contributed by atoms with E-state index in [1.807, 2.05) is 29.6 Å². The first-order valence-corrected chi connectivity index (χ1v) is 7.81. The van der Waals surface area contributed by atoms with Crippen molar-refractivity contribution in [2.75, 3.05) is 0 Å². The zero-order chi connectivity index (χ0) is 14.9. The number of amides is 1. The SMILES string of the molecule is NC(=NO)C1(NC(=O)c2csc3ccccc23)CCCC1. The molecule has 0 spiro atoms. The molecular formula is C15H17N3O2S. The number of amidine groups is 1. The number of nitrogens with one attached hydrogen (secondary N) is 1. The van der Waals surface area contributed by atoms with E-state index in [1.165, 1.54) is 0 Å². The van der Waals surface area contributed by atoms with Crippen molar-refractivity contribution in [3.63, 3.8) is 0 Å². The van der Waals surface area contributed by atoms with Gasteiger partial charge in [0.2, 0.25) is 0 Å². The smallest absolute Gasteiger partial charge is 0.253 e. The van der Waals surface area contributed by atoms with Crippen molar-refractivity contribution >= 4 is 33.2 Å².